The first-order chi connectivity index (χ1) is 5.74. The summed E-state index contributed by atoms with van der Waals surface area (Å²) in [5, 5.41) is 0. The predicted molar refractivity (Wildman–Crippen MR) is 48.2 cm³/mol. The lowest BCUT2D eigenvalue weighted by Gasteiger charge is -2.18. The molecule has 12 heavy (non-hydrogen) atoms. The van der Waals surface area contributed by atoms with Crippen molar-refractivity contribution < 1.29 is 0 Å². The monoisotopic (exact) mass is 168 g/mol. The molecule has 68 valence electrons. The maximum absolute atomic E-state index is 5.61. The van der Waals surface area contributed by atoms with Crippen LogP contribution >= 0.6 is 0 Å². The summed E-state index contributed by atoms with van der Waals surface area (Å²) in [5.74, 6) is 0.333. The van der Waals surface area contributed by atoms with Crippen LogP contribution in [0.5, 0.6) is 0 Å². The Balaban J connectivity index is 2.48. The maximum atomic E-state index is 5.61. The van der Waals surface area contributed by atoms with E-state index >= 15 is 0 Å². The maximum Gasteiger partial charge on any atom is 0.0946 e. The highest BCUT2D eigenvalue weighted by molar-refractivity contribution is 4.77. The van der Waals surface area contributed by atoms with E-state index in [9.17, 15) is 0 Å². The van der Waals surface area contributed by atoms with Crippen molar-refractivity contribution in [3.63, 3.8) is 0 Å². The summed E-state index contributed by atoms with van der Waals surface area (Å²) < 4.78 is 2.00. The van der Waals surface area contributed by atoms with E-state index in [-0.39, 0.29) is 6.17 Å². The van der Waals surface area contributed by atoms with Crippen LogP contribution < -0.4 is 11.5 Å². The van der Waals surface area contributed by atoms with Gasteiger partial charge in [-0.2, -0.15) is 0 Å². The van der Waals surface area contributed by atoms with Crippen LogP contribution in [-0.4, -0.2) is 15.7 Å². The molecule has 1 unspecified atom stereocenters. The van der Waals surface area contributed by atoms with Crippen molar-refractivity contribution >= 4 is 0 Å². The standard InChI is InChI=1S/C8H16N4/c1-2-7(8(9)10)5-12-4-3-11-6-12/h3-4,6-8H,2,5,9-10H2,1H3. The third kappa shape index (κ3) is 2.32. The molecule has 4 nitrogen and oxygen atoms in total. The molecule has 0 fully saturated rings. The van der Waals surface area contributed by atoms with Crippen LogP contribution in [0.15, 0.2) is 18.7 Å². The highest BCUT2D eigenvalue weighted by atomic mass is 15.0. The first-order valence-corrected chi connectivity index (χ1v) is 4.21. The molecule has 1 aromatic rings. The van der Waals surface area contributed by atoms with Gasteiger partial charge in [-0.3, -0.25) is 0 Å². The fourth-order valence-electron chi connectivity index (χ4n) is 1.19. The van der Waals surface area contributed by atoms with Crippen LogP contribution in [0, 0.1) is 5.92 Å². The third-order valence-electron chi connectivity index (χ3n) is 2.07. The predicted octanol–water partition coefficient (Wildman–Crippen LogP) is 0.153. The van der Waals surface area contributed by atoms with Crippen molar-refractivity contribution in [2.45, 2.75) is 26.1 Å². The van der Waals surface area contributed by atoms with Crippen LogP contribution in [-0.2, 0) is 6.54 Å². The van der Waals surface area contributed by atoms with Gasteiger partial charge in [0, 0.05) is 24.9 Å². The molecule has 0 aliphatic rings. The van der Waals surface area contributed by atoms with Gasteiger partial charge in [0.2, 0.25) is 0 Å². The van der Waals surface area contributed by atoms with Crippen molar-refractivity contribution in [3.8, 4) is 0 Å². The van der Waals surface area contributed by atoms with E-state index in [1.165, 1.54) is 0 Å². The molecule has 0 amide bonds. The second-order valence-electron chi connectivity index (χ2n) is 3.01. The zero-order valence-electron chi connectivity index (χ0n) is 7.35. The number of imidazole rings is 1. The number of aromatic nitrogens is 2. The Hall–Kier alpha value is -0.870. The SMILES string of the molecule is CCC(Cn1ccnc1)C(N)N. The van der Waals surface area contributed by atoms with E-state index in [4.69, 9.17) is 11.5 Å². The second-order valence-corrected chi connectivity index (χ2v) is 3.01. The van der Waals surface area contributed by atoms with Gasteiger partial charge in [-0.05, 0) is 6.42 Å². The summed E-state index contributed by atoms with van der Waals surface area (Å²) in [6.45, 7) is 2.95. The Labute approximate surface area is 72.6 Å². The molecule has 0 radical (unpaired) electrons. The molecule has 0 aromatic carbocycles. The largest absolute Gasteiger partial charge is 0.337 e. The molecule has 0 aliphatic carbocycles. The molecule has 1 heterocycles. The van der Waals surface area contributed by atoms with E-state index in [1.54, 1.807) is 12.5 Å². The molecule has 1 rings (SSSR count). The minimum Gasteiger partial charge on any atom is -0.337 e. The van der Waals surface area contributed by atoms with Gasteiger partial charge in [0.15, 0.2) is 0 Å². The van der Waals surface area contributed by atoms with Crippen LogP contribution in [0.2, 0.25) is 0 Å². The lowest BCUT2D eigenvalue weighted by atomic mass is 10.0. The lowest BCUT2D eigenvalue weighted by Crippen LogP contribution is -2.40. The summed E-state index contributed by atoms with van der Waals surface area (Å²) in [4.78, 5) is 3.95. The minimum absolute atomic E-state index is 0.239. The summed E-state index contributed by atoms with van der Waals surface area (Å²) in [6, 6.07) is 0. The Bertz CT molecular complexity index is 205. The molecule has 1 aromatic heterocycles. The average Bonchev–Trinajstić information content (AvgIpc) is 2.51. The van der Waals surface area contributed by atoms with Crippen LogP contribution in [0.1, 0.15) is 13.3 Å². The third-order valence-corrected chi connectivity index (χ3v) is 2.07. The first kappa shape index (κ1) is 9.22. The van der Waals surface area contributed by atoms with Crippen molar-refractivity contribution in [2.24, 2.45) is 17.4 Å². The number of nitrogens with two attached hydrogens (primary N) is 2. The normalized spacial score (nSPS) is 13.7. The van der Waals surface area contributed by atoms with Crippen molar-refractivity contribution in [2.75, 3.05) is 0 Å². The Morgan fingerprint density at radius 1 is 1.50 bits per heavy atom. The second kappa shape index (κ2) is 4.23. The molecule has 4 heteroatoms. The summed E-state index contributed by atoms with van der Waals surface area (Å²) >= 11 is 0. The van der Waals surface area contributed by atoms with E-state index < -0.39 is 0 Å². The number of hydrogen-bond acceptors (Lipinski definition) is 3. The van der Waals surface area contributed by atoms with Gasteiger partial charge >= 0.3 is 0 Å². The van der Waals surface area contributed by atoms with Gasteiger partial charge in [-0.15, -0.1) is 0 Å². The van der Waals surface area contributed by atoms with Gasteiger partial charge in [0.05, 0.1) is 12.5 Å². The quantitative estimate of drug-likeness (QED) is 0.629. The zero-order chi connectivity index (χ0) is 8.97. The molecule has 4 N–H and O–H groups in total. The molecule has 1 atom stereocenters. The summed E-state index contributed by atoms with van der Waals surface area (Å²) in [6.07, 6.45) is 6.22. The Morgan fingerprint density at radius 2 is 2.25 bits per heavy atom. The van der Waals surface area contributed by atoms with E-state index in [0.717, 1.165) is 13.0 Å². The molecular weight excluding hydrogens is 152 g/mol. The van der Waals surface area contributed by atoms with E-state index in [2.05, 4.69) is 11.9 Å². The number of nitrogens with zero attached hydrogens (tertiary/aromatic N) is 2. The summed E-state index contributed by atoms with van der Waals surface area (Å²) in [5.41, 5.74) is 11.2. The highest BCUT2D eigenvalue weighted by Crippen LogP contribution is 2.06. The van der Waals surface area contributed by atoms with E-state index in [0.29, 0.717) is 5.92 Å². The fourth-order valence-corrected chi connectivity index (χ4v) is 1.19. The van der Waals surface area contributed by atoms with Crippen LogP contribution in [0.3, 0.4) is 0 Å². The molecule has 0 saturated carbocycles. The molecule has 0 spiro atoms. The topological polar surface area (TPSA) is 69.9 Å². The minimum atomic E-state index is -0.239. The molecular formula is C8H16N4. The highest BCUT2D eigenvalue weighted by Gasteiger charge is 2.11. The Kier molecular flexibility index (Phi) is 3.25. The smallest absolute Gasteiger partial charge is 0.0946 e. The van der Waals surface area contributed by atoms with Crippen LogP contribution in [0.25, 0.3) is 0 Å². The average molecular weight is 168 g/mol. The van der Waals surface area contributed by atoms with Gasteiger partial charge in [-0.25, -0.2) is 4.98 Å². The first-order valence-electron chi connectivity index (χ1n) is 4.21. The van der Waals surface area contributed by atoms with E-state index in [1.807, 2.05) is 10.8 Å². The van der Waals surface area contributed by atoms with Gasteiger partial charge in [0.25, 0.3) is 0 Å². The van der Waals surface area contributed by atoms with Crippen LogP contribution in [0.4, 0.5) is 0 Å². The zero-order valence-corrected chi connectivity index (χ0v) is 7.35. The fraction of sp³-hybridized carbons (Fsp3) is 0.625. The van der Waals surface area contributed by atoms with Crippen molar-refractivity contribution in [1.82, 2.24) is 9.55 Å². The van der Waals surface area contributed by atoms with Gasteiger partial charge < -0.3 is 16.0 Å². The summed E-state index contributed by atoms with van der Waals surface area (Å²) in [7, 11) is 0. The molecule has 0 aliphatic heterocycles. The van der Waals surface area contributed by atoms with Gasteiger partial charge in [-0.1, -0.05) is 6.92 Å². The number of hydrogen-bond donors (Lipinski definition) is 2. The van der Waals surface area contributed by atoms with Crippen molar-refractivity contribution in [1.29, 1.82) is 0 Å². The van der Waals surface area contributed by atoms with Gasteiger partial charge in [0.1, 0.15) is 0 Å². The van der Waals surface area contributed by atoms with Crippen molar-refractivity contribution in [3.05, 3.63) is 18.7 Å². The Morgan fingerprint density at radius 3 is 2.67 bits per heavy atom. The molecule has 0 saturated heterocycles. The lowest BCUT2D eigenvalue weighted by molar-refractivity contribution is 0.361. The molecule has 0 bridgehead atoms. The number of rotatable bonds is 4.